The highest BCUT2D eigenvalue weighted by Gasteiger charge is 2.23. The SMILES string of the molecule is C=S(N)(=O)c1cccc(-c2ccc(C(=O)N3CCC(O)CC3)cc2)c1C1=NCN=N1. The van der Waals surface area contributed by atoms with Gasteiger partial charge in [-0.2, -0.15) is 5.11 Å². The fourth-order valence-electron chi connectivity index (χ4n) is 3.69. The van der Waals surface area contributed by atoms with E-state index in [1.165, 1.54) is 0 Å². The quantitative estimate of drug-likeness (QED) is 0.729. The smallest absolute Gasteiger partial charge is 0.253 e. The maximum atomic E-state index is 12.8. The number of hydrogen-bond acceptors (Lipinski definition) is 6. The Balaban J connectivity index is 1.70. The Bertz CT molecular complexity index is 1130. The molecule has 9 heteroatoms. The Morgan fingerprint density at radius 2 is 1.87 bits per heavy atom. The van der Waals surface area contributed by atoms with Gasteiger partial charge in [0, 0.05) is 24.2 Å². The number of rotatable bonds is 4. The predicted molar refractivity (Wildman–Crippen MR) is 117 cm³/mol. The van der Waals surface area contributed by atoms with E-state index in [1.54, 1.807) is 29.2 Å². The molecule has 3 N–H and O–H groups in total. The second-order valence-corrected chi connectivity index (χ2v) is 9.26. The molecule has 2 aromatic rings. The number of benzene rings is 2. The van der Waals surface area contributed by atoms with Crippen molar-refractivity contribution < 1.29 is 14.1 Å². The molecule has 0 saturated carbocycles. The number of amides is 1. The molecule has 8 nitrogen and oxygen atoms in total. The number of carbonyl (C=O) groups excluding carboxylic acids is 1. The maximum absolute atomic E-state index is 12.8. The standard InChI is InChI=1S/C21H23N5O3S/c1-30(22,29)18-4-2-3-17(19(18)20-23-13-24-25-20)14-5-7-15(8-6-14)21(28)26-11-9-16(27)10-12-26/h2-8,16,27H,1,9-13H2,(H2,22,29). The number of aliphatic hydroxyl groups is 1. The highest BCUT2D eigenvalue weighted by molar-refractivity contribution is 7.98. The van der Waals surface area contributed by atoms with Gasteiger partial charge in [-0.15, -0.1) is 5.11 Å². The third-order valence-electron chi connectivity index (χ3n) is 5.27. The Morgan fingerprint density at radius 1 is 1.17 bits per heavy atom. The summed E-state index contributed by atoms with van der Waals surface area (Å²) < 4.78 is 12.6. The van der Waals surface area contributed by atoms with Crippen LogP contribution in [0.2, 0.25) is 0 Å². The summed E-state index contributed by atoms with van der Waals surface area (Å²) in [4.78, 5) is 19.1. The third kappa shape index (κ3) is 4.04. The molecule has 0 spiro atoms. The van der Waals surface area contributed by atoms with Crippen LogP contribution < -0.4 is 5.14 Å². The van der Waals surface area contributed by atoms with Crippen LogP contribution in [-0.4, -0.2) is 57.7 Å². The second kappa shape index (κ2) is 8.10. The number of likely N-dealkylation sites (tertiary alicyclic amines) is 1. The normalized spacial score (nSPS) is 18.9. The molecule has 4 rings (SSSR count). The third-order valence-corrected chi connectivity index (χ3v) is 6.35. The zero-order valence-corrected chi connectivity index (χ0v) is 17.2. The van der Waals surface area contributed by atoms with Crippen LogP contribution in [-0.2, 0) is 9.71 Å². The Hall–Kier alpha value is -2.88. The number of amidine groups is 1. The molecule has 0 aliphatic carbocycles. The van der Waals surface area contributed by atoms with Crippen molar-refractivity contribution in [3.63, 3.8) is 0 Å². The highest BCUT2D eigenvalue weighted by atomic mass is 32.2. The van der Waals surface area contributed by atoms with E-state index in [-0.39, 0.29) is 18.7 Å². The predicted octanol–water partition coefficient (Wildman–Crippen LogP) is 2.07. The van der Waals surface area contributed by atoms with Gasteiger partial charge in [-0.05, 0) is 48.0 Å². The summed E-state index contributed by atoms with van der Waals surface area (Å²) in [5, 5.41) is 23.4. The van der Waals surface area contributed by atoms with Crippen molar-refractivity contribution in [2.45, 2.75) is 23.8 Å². The van der Waals surface area contributed by atoms with Crippen molar-refractivity contribution in [2.75, 3.05) is 19.8 Å². The first-order chi connectivity index (χ1) is 14.3. The van der Waals surface area contributed by atoms with E-state index in [1.807, 2.05) is 18.2 Å². The molecule has 2 aromatic carbocycles. The van der Waals surface area contributed by atoms with Gasteiger partial charge in [-0.1, -0.05) is 24.3 Å². The summed E-state index contributed by atoms with van der Waals surface area (Å²) in [6, 6.07) is 12.5. The molecule has 30 heavy (non-hydrogen) atoms. The first-order valence-electron chi connectivity index (χ1n) is 9.63. The first kappa shape index (κ1) is 20.4. The molecule has 1 fully saturated rings. The summed E-state index contributed by atoms with van der Waals surface area (Å²) in [6.45, 7) is 1.31. The minimum atomic E-state index is -3.01. The van der Waals surface area contributed by atoms with Crippen molar-refractivity contribution in [3.8, 4) is 11.1 Å². The van der Waals surface area contributed by atoms with Crippen LogP contribution >= 0.6 is 0 Å². The number of azo groups is 1. The molecule has 1 atom stereocenters. The van der Waals surface area contributed by atoms with E-state index in [4.69, 9.17) is 5.14 Å². The van der Waals surface area contributed by atoms with Crippen molar-refractivity contribution in [2.24, 2.45) is 20.4 Å². The van der Waals surface area contributed by atoms with Crippen LogP contribution in [0.25, 0.3) is 11.1 Å². The van der Waals surface area contributed by atoms with Crippen LogP contribution in [0.15, 0.2) is 62.6 Å². The molecule has 0 radical (unpaired) electrons. The van der Waals surface area contributed by atoms with Gasteiger partial charge >= 0.3 is 0 Å². The number of hydrogen-bond donors (Lipinski definition) is 2. The van der Waals surface area contributed by atoms with E-state index in [9.17, 15) is 14.1 Å². The van der Waals surface area contributed by atoms with E-state index < -0.39 is 9.71 Å². The summed E-state index contributed by atoms with van der Waals surface area (Å²) >= 11 is 0. The number of aliphatic hydroxyl groups excluding tert-OH is 1. The summed E-state index contributed by atoms with van der Waals surface area (Å²) in [7, 11) is -3.01. The van der Waals surface area contributed by atoms with E-state index in [0.29, 0.717) is 47.8 Å². The second-order valence-electron chi connectivity index (χ2n) is 7.37. The van der Waals surface area contributed by atoms with Crippen molar-refractivity contribution in [1.82, 2.24) is 4.90 Å². The summed E-state index contributed by atoms with van der Waals surface area (Å²) in [6.07, 6.45) is 0.865. The summed E-state index contributed by atoms with van der Waals surface area (Å²) in [5.41, 5.74) is 2.68. The lowest BCUT2D eigenvalue weighted by Gasteiger charge is -2.29. The van der Waals surface area contributed by atoms with Crippen LogP contribution in [0.5, 0.6) is 0 Å². The van der Waals surface area contributed by atoms with Crippen LogP contribution in [0.1, 0.15) is 28.8 Å². The molecular formula is C21H23N5O3S. The molecule has 0 aromatic heterocycles. The topological polar surface area (TPSA) is 121 Å². The van der Waals surface area contributed by atoms with Gasteiger partial charge in [0.15, 0.2) is 12.5 Å². The minimum Gasteiger partial charge on any atom is -0.393 e. The zero-order chi connectivity index (χ0) is 21.3. The van der Waals surface area contributed by atoms with Crippen LogP contribution in [0, 0.1) is 0 Å². The van der Waals surface area contributed by atoms with Crippen LogP contribution in [0.3, 0.4) is 0 Å². The molecule has 1 amide bonds. The maximum Gasteiger partial charge on any atom is 0.253 e. The number of nitrogens with two attached hydrogens (primary N) is 1. The van der Waals surface area contributed by atoms with Gasteiger partial charge in [0.05, 0.1) is 20.7 Å². The van der Waals surface area contributed by atoms with Crippen molar-refractivity contribution >= 4 is 27.3 Å². The van der Waals surface area contributed by atoms with Gasteiger partial charge in [0.1, 0.15) is 0 Å². The lowest BCUT2D eigenvalue weighted by molar-refractivity contribution is 0.0546. The molecule has 1 unspecified atom stereocenters. The van der Waals surface area contributed by atoms with Crippen LogP contribution in [0.4, 0.5) is 0 Å². The van der Waals surface area contributed by atoms with Gasteiger partial charge in [-0.3, -0.25) is 9.93 Å². The van der Waals surface area contributed by atoms with E-state index >= 15 is 0 Å². The minimum absolute atomic E-state index is 0.0564. The number of nitrogens with zero attached hydrogens (tertiary/aromatic N) is 4. The zero-order valence-electron chi connectivity index (χ0n) is 16.4. The highest BCUT2D eigenvalue weighted by Crippen LogP contribution is 2.31. The largest absolute Gasteiger partial charge is 0.393 e. The molecule has 2 aliphatic rings. The molecule has 0 bridgehead atoms. The molecule has 2 heterocycles. The Kier molecular flexibility index (Phi) is 5.50. The molecular weight excluding hydrogens is 402 g/mol. The molecule has 1 saturated heterocycles. The average Bonchev–Trinajstić information content (AvgIpc) is 3.27. The average molecular weight is 426 g/mol. The molecule has 156 valence electrons. The first-order valence-corrected chi connectivity index (χ1v) is 11.4. The molecule has 2 aliphatic heterocycles. The van der Waals surface area contributed by atoms with E-state index in [0.717, 1.165) is 11.1 Å². The Morgan fingerprint density at radius 3 is 2.47 bits per heavy atom. The van der Waals surface area contributed by atoms with Gasteiger partial charge in [0.25, 0.3) is 5.91 Å². The fraction of sp³-hybridized carbons (Fsp3) is 0.286. The number of aliphatic imine (C=N–C) groups is 1. The lowest BCUT2D eigenvalue weighted by atomic mass is 9.97. The van der Waals surface area contributed by atoms with E-state index in [2.05, 4.69) is 21.1 Å². The van der Waals surface area contributed by atoms with Gasteiger partial charge in [0.2, 0.25) is 0 Å². The Labute approximate surface area is 175 Å². The lowest BCUT2D eigenvalue weighted by Crippen LogP contribution is -2.40. The van der Waals surface area contributed by atoms with Gasteiger partial charge in [-0.25, -0.2) is 9.20 Å². The summed E-state index contributed by atoms with van der Waals surface area (Å²) in [5.74, 6) is 3.93. The van der Waals surface area contributed by atoms with Crippen molar-refractivity contribution in [3.05, 3.63) is 53.6 Å². The monoisotopic (exact) mass is 425 g/mol. The number of piperidine rings is 1. The fourth-order valence-corrected chi connectivity index (χ4v) is 4.55. The number of carbonyl (C=O) groups is 1. The van der Waals surface area contributed by atoms with Gasteiger partial charge < -0.3 is 10.0 Å². The van der Waals surface area contributed by atoms with Crippen molar-refractivity contribution in [1.29, 1.82) is 0 Å².